The quantitative estimate of drug-likeness (QED) is 0.622. The van der Waals surface area contributed by atoms with E-state index in [2.05, 4.69) is 42.4 Å². The molecule has 2 nitrogen and oxygen atoms in total. The smallest absolute Gasteiger partial charge is 0.138 e. The lowest BCUT2D eigenvalue weighted by Gasteiger charge is -2.03. The number of hydrogen-bond donors (Lipinski definition) is 1. The lowest BCUT2D eigenvalue weighted by molar-refractivity contribution is 0.628. The van der Waals surface area contributed by atoms with Crippen LogP contribution in [0.25, 0.3) is 22.6 Å². The van der Waals surface area contributed by atoms with Crippen molar-refractivity contribution in [3.63, 3.8) is 0 Å². The number of nitrogens with one attached hydrogen (secondary N) is 1. The zero-order valence-corrected chi connectivity index (χ0v) is 14.1. The summed E-state index contributed by atoms with van der Waals surface area (Å²) in [7, 11) is 0. The number of aryl methyl sites for hydroxylation is 1. The highest BCUT2D eigenvalue weighted by atomic mass is 32.2. The summed E-state index contributed by atoms with van der Waals surface area (Å²) in [5.41, 5.74) is 4.14. The fraction of sp³-hybridized carbons (Fsp3) is 0.211. The Morgan fingerprint density at radius 1 is 1.00 bits per heavy atom. The number of H-pyrrole nitrogens is 1. The molecule has 1 N–H and O–H groups in total. The summed E-state index contributed by atoms with van der Waals surface area (Å²) in [6.07, 6.45) is 4.02. The molecule has 3 rings (SSSR count). The van der Waals surface area contributed by atoms with Crippen molar-refractivity contribution in [1.29, 1.82) is 0 Å². The van der Waals surface area contributed by atoms with Gasteiger partial charge in [-0.2, -0.15) is 0 Å². The zero-order valence-electron chi connectivity index (χ0n) is 13.3. The molecule has 0 unspecified atom stereocenters. The Bertz CT molecular complexity index is 776. The van der Waals surface area contributed by atoms with Gasteiger partial charge in [-0.1, -0.05) is 25.5 Å². The van der Waals surface area contributed by atoms with E-state index in [1.165, 1.54) is 17.0 Å². The first-order valence-corrected chi connectivity index (χ1v) is 8.93. The molecule has 118 valence electrons. The monoisotopic (exact) mass is 326 g/mol. The molecule has 0 saturated heterocycles. The van der Waals surface area contributed by atoms with Crippen LogP contribution in [-0.4, -0.2) is 16.2 Å². The van der Waals surface area contributed by atoms with E-state index in [4.69, 9.17) is 4.98 Å². The average molecular weight is 326 g/mol. The third-order valence-corrected chi connectivity index (χ3v) is 4.51. The van der Waals surface area contributed by atoms with Gasteiger partial charge in [0.15, 0.2) is 0 Å². The highest BCUT2D eigenvalue weighted by molar-refractivity contribution is 7.98. The maximum absolute atomic E-state index is 13.1. The number of rotatable bonds is 5. The average Bonchev–Trinajstić information content (AvgIpc) is 3.00. The van der Waals surface area contributed by atoms with E-state index in [1.807, 2.05) is 0 Å². The number of halogens is 1. The molecule has 0 amide bonds. The molecule has 0 radical (unpaired) electrons. The Balaban J connectivity index is 2.02. The first-order chi connectivity index (χ1) is 11.2. The second-order valence-corrected chi connectivity index (χ2v) is 6.27. The topological polar surface area (TPSA) is 28.7 Å². The lowest BCUT2D eigenvalue weighted by Crippen LogP contribution is -1.88. The summed E-state index contributed by atoms with van der Waals surface area (Å²) >= 11 is 1.73. The second-order valence-electron chi connectivity index (χ2n) is 5.39. The van der Waals surface area contributed by atoms with Crippen LogP contribution in [0.5, 0.6) is 0 Å². The molecular formula is C19H19FN2S. The second kappa shape index (κ2) is 7.01. The summed E-state index contributed by atoms with van der Waals surface area (Å²) < 4.78 is 13.1. The number of aromatic amines is 1. The predicted molar refractivity (Wildman–Crippen MR) is 95.2 cm³/mol. The first kappa shape index (κ1) is 15.8. The van der Waals surface area contributed by atoms with Crippen molar-refractivity contribution >= 4 is 11.8 Å². The molecule has 0 aliphatic rings. The van der Waals surface area contributed by atoms with Crippen molar-refractivity contribution in [3.8, 4) is 22.6 Å². The fourth-order valence-electron chi connectivity index (χ4n) is 2.57. The lowest BCUT2D eigenvalue weighted by atomic mass is 10.1. The molecule has 0 spiro atoms. The minimum atomic E-state index is -0.234. The minimum absolute atomic E-state index is 0.234. The van der Waals surface area contributed by atoms with E-state index >= 15 is 0 Å². The first-order valence-electron chi connectivity index (χ1n) is 7.70. The van der Waals surface area contributed by atoms with Gasteiger partial charge in [0.1, 0.15) is 11.6 Å². The van der Waals surface area contributed by atoms with Gasteiger partial charge in [0, 0.05) is 10.5 Å². The van der Waals surface area contributed by atoms with Gasteiger partial charge in [-0.25, -0.2) is 9.37 Å². The van der Waals surface area contributed by atoms with E-state index in [9.17, 15) is 4.39 Å². The van der Waals surface area contributed by atoms with Crippen molar-refractivity contribution in [2.75, 3.05) is 6.26 Å². The fourth-order valence-corrected chi connectivity index (χ4v) is 2.98. The van der Waals surface area contributed by atoms with E-state index in [-0.39, 0.29) is 5.82 Å². The molecule has 0 saturated carbocycles. The van der Waals surface area contributed by atoms with Gasteiger partial charge < -0.3 is 4.98 Å². The van der Waals surface area contributed by atoms with Crippen LogP contribution in [-0.2, 0) is 6.42 Å². The Hall–Kier alpha value is -2.07. The third kappa shape index (κ3) is 3.48. The number of thioether (sulfide) groups is 1. The van der Waals surface area contributed by atoms with Crippen LogP contribution in [0.4, 0.5) is 4.39 Å². The molecule has 0 fully saturated rings. The molecule has 2 aromatic carbocycles. The molecule has 4 heteroatoms. The molecule has 0 aliphatic heterocycles. The Morgan fingerprint density at radius 2 is 1.65 bits per heavy atom. The molecule has 0 aliphatic carbocycles. The summed E-state index contributed by atoms with van der Waals surface area (Å²) in [6, 6.07) is 14.9. The number of hydrogen-bond acceptors (Lipinski definition) is 2. The number of aromatic nitrogens is 2. The van der Waals surface area contributed by atoms with Crippen molar-refractivity contribution in [3.05, 3.63) is 60.0 Å². The van der Waals surface area contributed by atoms with Crippen molar-refractivity contribution in [2.24, 2.45) is 0 Å². The maximum Gasteiger partial charge on any atom is 0.138 e. The van der Waals surface area contributed by atoms with Gasteiger partial charge in [0.05, 0.1) is 11.4 Å². The maximum atomic E-state index is 13.1. The van der Waals surface area contributed by atoms with Crippen molar-refractivity contribution < 1.29 is 4.39 Å². The standard InChI is InChI=1S/C19H19FN2S/c1-3-4-17-18(13-7-11-16(23-2)12-8-13)22-19(21-17)14-5-9-15(20)10-6-14/h5-12H,3-4H2,1-2H3,(H,21,22). The zero-order chi connectivity index (χ0) is 16.2. The van der Waals surface area contributed by atoms with E-state index < -0.39 is 0 Å². The van der Waals surface area contributed by atoms with Gasteiger partial charge in [0.2, 0.25) is 0 Å². The van der Waals surface area contributed by atoms with Gasteiger partial charge in [-0.3, -0.25) is 0 Å². The van der Waals surface area contributed by atoms with Crippen LogP contribution in [0.1, 0.15) is 19.0 Å². The van der Waals surface area contributed by atoms with Gasteiger partial charge >= 0.3 is 0 Å². The normalized spacial score (nSPS) is 10.9. The van der Waals surface area contributed by atoms with Crippen molar-refractivity contribution in [1.82, 2.24) is 9.97 Å². The number of nitrogens with zero attached hydrogens (tertiary/aromatic N) is 1. The highest BCUT2D eigenvalue weighted by Crippen LogP contribution is 2.28. The highest BCUT2D eigenvalue weighted by Gasteiger charge is 2.13. The van der Waals surface area contributed by atoms with Crippen LogP contribution >= 0.6 is 11.8 Å². The number of benzene rings is 2. The van der Waals surface area contributed by atoms with Gasteiger partial charge in [0.25, 0.3) is 0 Å². The largest absolute Gasteiger partial charge is 0.338 e. The summed E-state index contributed by atoms with van der Waals surface area (Å²) in [5.74, 6) is 0.555. The molecule has 1 heterocycles. The van der Waals surface area contributed by atoms with E-state index in [1.54, 1.807) is 23.9 Å². The Kier molecular flexibility index (Phi) is 4.82. The Morgan fingerprint density at radius 3 is 2.26 bits per heavy atom. The predicted octanol–water partition coefficient (Wildman–Crippen LogP) is 5.56. The summed E-state index contributed by atoms with van der Waals surface area (Å²) in [4.78, 5) is 9.39. The van der Waals surface area contributed by atoms with Gasteiger partial charge in [-0.15, -0.1) is 11.8 Å². The minimum Gasteiger partial charge on any atom is -0.338 e. The molecule has 0 atom stereocenters. The molecule has 1 aromatic heterocycles. The molecule has 23 heavy (non-hydrogen) atoms. The summed E-state index contributed by atoms with van der Waals surface area (Å²) in [6.45, 7) is 2.15. The summed E-state index contributed by atoms with van der Waals surface area (Å²) in [5, 5.41) is 0. The number of imidazole rings is 1. The van der Waals surface area contributed by atoms with E-state index in [0.29, 0.717) is 0 Å². The van der Waals surface area contributed by atoms with Crippen LogP contribution in [0.3, 0.4) is 0 Å². The Labute approximate surface area is 140 Å². The molecular weight excluding hydrogens is 307 g/mol. The van der Waals surface area contributed by atoms with Crippen LogP contribution < -0.4 is 0 Å². The van der Waals surface area contributed by atoms with Crippen LogP contribution in [0.15, 0.2) is 53.4 Å². The third-order valence-electron chi connectivity index (χ3n) is 3.76. The molecule has 0 bridgehead atoms. The van der Waals surface area contributed by atoms with E-state index in [0.717, 1.165) is 41.2 Å². The SMILES string of the molecule is CCCc1nc(-c2ccc(F)cc2)[nH]c1-c1ccc(SC)cc1. The molecule has 3 aromatic rings. The van der Waals surface area contributed by atoms with Crippen LogP contribution in [0.2, 0.25) is 0 Å². The van der Waals surface area contributed by atoms with Crippen molar-refractivity contribution in [2.45, 2.75) is 24.7 Å². The van der Waals surface area contributed by atoms with Gasteiger partial charge in [-0.05, 0) is 54.6 Å². The van der Waals surface area contributed by atoms with Crippen LogP contribution in [0, 0.1) is 5.82 Å².